The number of hydrogen-bond acceptors (Lipinski definition) is 5. The van der Waals surface area contributed by atoms with Gasteiger partial charge in [-0.1, -0.05) is 0 Å². The van der Waals surface area contributed by atoms with Crippen molar-refractivity contribution < 1.29 is 14.7 Å². The molecule has 0 aromatic carbocycles. The van der Waals surface area contributed by atoms with E-state index in [1.165, 1.54) is 16.7 Å². The molecule has 2 rings (SSSR count). The van der Waals surface area contributed by atoms with Crippen molar-refractivity contribution in [2.45, 2.75) is 19.5 Å². The van der Waals surface area contributed by atoms with Gasteiger partial charge in [0.1, 0.15) is 5.01 Å². The molecule has 0 fully saturated rings. The number of carbonyl (C=O) groups excluding carboxylic acids is 1. The molecule has 7 nitrogen and oxygen atoms in total. The van der Waals surface area contributed by atoms with Gasteiger partial charge in [0.15, 0.2) is 5.69 Å². The molecule has 0 aliphatic rings. The molecule has 2 aromatic rings. The van der Waals surface area contributed by atoms with Gasteiger partial charge in [0.25, 0.3) is 0 Å². The maximum atomic E-state index is 11.8. The summed E-state index contributed by atoms with van der Waals surface area (Å²) in [5.74, 6) is -1.08. The van der Waals surface area contributed by atoms with E-state index in [2.05, 4.69) is 20.6 Å². The normalized spacial score (nSPS) is 11.7. The van der Waals surface area contributed by atoms with Crippen LogP contribution in [0.5, 0.6) is 0 Å². The molecule has 1 unspecified atom stereocenters. The lowest BCUT2D eigenvalue weighted by Gasteiger charge is -2.14. The molecular formula is C13H14N4O3S. The largest absolute Gasteiger partial charge is 0.476 e. The van der Waals surface area contributed by atoms with E-state index in [-0.39, 0.29) is 24.3 Å². The maximum Gasteiger partial charge on any atom is 0.355 e. The van der Waals surface area contributed by atoms with Crippen molar-refractivity contribution in [2.24, 2.45) is 0 Å². The molecule has 8 heteroatoms. The van der Waals surface area contributed by atoms with Crippen molar-refractivity contribution in [3.63, 3.8) is 0 Å². The zero-order valence-corrected chi connectivity index (χ0v) is 12.1. The van der Waals surface area contributed by atoms with Crippen LogP contribution < -0.4 is 10.6 Å². The number of rotatable bonds is 5. The fourth-order valence-corrected chi connectivity index (χ4v) is 2.34. The zero-order chi connectivity index (χ0) is 15.2. The summed E-state index contributed by atoms with van der Waals surface area (Å²) in [6.45, 7) is 2.05. The van der Waals surface area contributed by atoms with Gasteiger partial charge in [0.2, 0.25) is 0 Å². The van der Waals surface area contributed by atoms with E-state index in [4.69, 9.17) is 5.11 Å². The Morgan fingerprint density at radius 1 is 1.38 bits per heavy atom. The van der Waals surface area contributed by atoms with Crippen LogP contribution in [0, 0.1) is 0 Å². The lowest BCUT2D eigenvalue weighted by Crippen LogP contribution is -2.36. The van der Waals surface area contributed by atoms with Crippen LogP contribution in [0.4, 0.5) is 4.79 Å². The number of aromatic carboxylic acids is 1. The van der Waals surface area contributed by atoms with Gasteiger partial charge in [-0.25, -0.2) is 14.6 Å². The number of nitrogens with one attached hydrogen (secondary N) is 2. The van der Waals surface area contributed by atoms with Gasteiger partial charge in [-0.15, -0.1) is 11.3 Å². The number of hydrogen-bond donors (Lipinski definition) is 3. The van der Waals surface area contributed by atoms with Crippen molar-refractivity contribution in [3.05, 3.63) is 46.2 Å². The molecular weight excluding hydrogens is 292 g/mol. The highest BCUT2D eigenvalue weighted by molar-refractivity contribution is 7.09. The molecule has 2 aromatic heterocycles. The van der Waals surface area contributed by atoms with E-state index in [0.29, 0.717) is 5.01 Å². The first-order chi connectivity index (χ1) is 10.1. The van der Waals surface area contributed by atoms with Gasteiger partial charge in [-0.05, 0) is 24.6 Å². The van der Waals surface area contributed by atoms with Crippen molar-refractivity contribution in [2.75, 3.05) is 0 Å². The Morgan fingerprint density at radius 2 is 2.10 bits per heavy atom. The molecule has 0 aliphatic carbocycles. The average molecular weight is 306 g/mol. The van der Waals surface area contributed by atoms with Crippen LogP contribution in [0.15, 0.2) is 29.9 Å². The van der Waals surface area contributed by atoms with Crippen molar-refractivity contribution in [1.82, 2.24) is 20.6 Å². The quantitative estimate of drug-likeness (QED) is 0.781. The first-order valence-corrected chi connectivity index (χ1v) is 7.06. The van der Waals surface area contributed by atoms with Gasteiger partial charge in [-0.3, -0.25) is 4.98 Å². The highest BCUT2D eigenvalue weighted by Gasteiger charge is 2.11. The lowest BCUT2D eigenvalue weighted by molar-refractivity contribution is 0.0691. The fourth-order valence-electron chi connectivity index (χ4n) is 1.63. The SMILES string of the molecule is CC(NC(=O)NCc1nc(C(=O)O)cs1)c1ccncc1. The Labute approximate surface area is 125 Å². The number of pyridine rings is 1. The number of nitrogens with zero attached hydrogens (tertiary/aromatic N) is 2. The second-order valence-corrected chi connectivity index (χ2v) is 5.20. The Balaban J connectivity index is 1.83. The second kappa shape index (κ2) is 6.80. The predicted molar refractivity (Wildman–Crippen MR) is 77.1 cm³/mol. The highest BCUT2D eigenvalue weighted by Crippen LogP contribution is 2.11. The summed E-state index contributed by atoms with van der Waals surface area (Å²) in [6.07, 6.45) is 3.32. The molecule has 0 aliphatic heterocycles. The van der Waals surface area contributed by atoms with Gasteiger partial charge < -0.3 is 15.7 Å². The standard InChI is InChI=1S/C13H14N4O3S/c1-8(9-2-4-14-5-3-9)16-13(20)15-6-11-17-10(7-21-11)12(18)19/h2-5,7-8H,6H2,1H3,(H,18,19)(H2,15,16,20). The molecule has 0 bridgehead atoms. The smallest absolute Gasteiger partial charge is 0.355 e. The van der Waals surface area contributed by atoms with Crippen molar-refractivity contribution in [1.29, 1.82) is 0 Å². The summed E-state index contributed by atoms with van der Waals surface area (Å²) >= 11 is 1.19. The van der Waals surface area contributed by atoms with Gasteiger partial charge in [-0.2, -0.15) is 0 Å². The number of urea groups is 1. The Bertz CT molecular complexity index is 629. The number of carboxylic acid groups (broad SMARTS) is 1. The van der Waals surface area contributed by atoms with Crippen LogP contribution >= 0.6 is 11.3 Å². The van der Waals surface area contributed by atoms with E-state index in [1.807, 2.05) is 19.1 Å². The van der Waals surface area contributed by atoms with Gasteiger partial charge in [0.05, 0.1) is 12.6 Å². The molecule has 21 heavy (non-hydrogen) atoms. The first-order valence-electron chi connectivity index (χ1n) is 6.18. The van der Waals surface area contributed by atoms with Crippen molar-refractivity contribution >= 4 is 23.3 Å². The number of carboxylic acids is 1. The van der Waals surface area contributed by atoms with Gasteiger partial charge >= 0.3 is 12.0 Å². The van der Waals surface area contributed by atoms with Crippen LogP contribution in [0.25, 0.3) is 0 Å². The number of carbonyl (C=O) groups is 2. The summed E-state index contributed by atoms with van der Waals surface area (Å²) in [4.78, 5) is 30.3. The molecule has 0 radical (unpaired) electrons. The van der Waals surface area contributed by atoms with Crippen molar-refractivity contribution in [3.8, 4) is 0 Å². The summed E-state index contributed by atoms with van der Waals surface area (Å²) in [6, 6.07) is 3.15. The third-order valence-corrected chi connectivity index (χ3v) is 3.57. The third kappa shape index (κ3) is 4.25. The molecule has 0 spiro atoms. The first kappa shape index (κ1) is 14.9. The van der Waals surface area contributed by atoms with Crippen LogP contribution in [-0.4, -0.2) is 27.1 Å². The van der Waals surface area contributed by atoms with Crippen LogP contribution in [0.1, 0.15) is 34.0 Å². The topological polar surface area (TPSA) is 104 Å². The zero-order valence-electron chi connectivity index (χ0n) is 11.2. The molecule has 110 valence electrons. The van der Waals surface area contributed by atoms with Gasteiger partial charge in [0, 0.05) is 17.8 Å². The maximum absolute atomic E-state index is 11.8. The van der Waals surface area contributed by atoms with Crippen LogP contribution in [0.2, 0.25) is 0 Å². The Hall–Kier alpha value is -2.48. The molecule has 0 saturated carbocycles. The number of thiazole rings is 1. The molecule has 2 amide bonds. The highest BCUT2D eigenvalue weighted by atomic mass is 32.1. The second-order valence-electron chi connectivity index (χ2n) is 4.26. The summed E-state index contributed by atoms with van der Waals surface area (Å²) in [5, 5.41) is 16.2. The summed E-state index contributed by atoms with van der Waals surface area (Å²) in [5.41, 5.74) is 0.935. The minimum absolute atomic E-state index is 0.0117. The third-order valence-electron chi connectivity index (χ3n) is 2.72. The number of amides is 2. The number of aromatic nitrogens is 2. The molecule has 3 N–H and O–H groups in total. The van der Waals surface area contributed by atoms with E-state index in [0.717, 1.165) is 5.56 Å². The molecule has 1 atom stereocenters. The minimum Gasteiger partial charge on any atom is -0.476 e. The van der Waals surface area contributed by atoms with Crippen LogP contribution in [-0.2, 0) is 6.54 Å². The van der Waals surface area contributed by atoms with E-state index in [1.54, 1.807) is 12.4 Å². The average Bonchev–Trinajstić information content (AvgIpc) is 2.95. The van der Waals surface area contributed by atoms with Crippen LogP contribution in [0.3, 0.4) is 0 Å². The minimum atomic E-state index is -1.08. The lowest BCUT2D eigenvalue weighted by atomic mass is 10.1. The molecule has 2 heterocycles. The van der Waals surface area contributed by atoms with E-state index in [9.17, 15) is 9.59 Å². The monoisotopic (exact) mass is 306 g/mol. The summed E-state index contributed by atoms with van der Waals surface area (Å²) in [7, 11) is 0. The van der Waals surface area contributed by atoms with E-state index >= 15 is 0 Å². The van der Waals surface area contributed by atoms with E-state index < -0.39 is 5.97 Å². The molecule has 0 saturated heterocycles. The summed E-state index contributed by atoms with van der Waals surface area (Å²) < 4.78 is 0. The predicted octanol–water partition coefficient (Wildman–Crippen LogP) is 1.80. The fraction of sp³-hybridized carbons (Fsp3) is 0.231. The Morgan fingerprint density at radius 3 is 2.71 bits per heavy atom. The Kier molecular flexibility index (Phi) is 4.83.